The molecule has 6 N–H and O–H groups in total. The summed E-state index contributed by atoms with van der Waals surface area (Å²) >= 11 is 0. The smallest absolute Gasteiger partial charge is 0.450 e. The minimum Gasteiger partial charge on any atom is -0.450 e. The number of carboxylic acid groups (broad SMARTS) is 3. The molecule has 0 saturated carbocycles. The van der Waals surface area contributed by atoms with Crippen molar-refractivity contribution in [1.82, 2.24) is 0 Å². The summed E-state index contributed by atoms with van der Waals surface area (Å²) < 4.78 is 22.2. The quantitative estimate of drug-likeness (QED) is 0.154. The Morgan fingerprint density at radius 3 is 1.85 bits per heavy atom. The van der Waals surface area contributed by atoms with Crippen molar-refractivity contribution in [3.8, 4) is 0 Å². The molecule has 0 fully saturated rings. The monoisotopic (exact) mass is 320 g/mol. The molecular formula is C6H9O13P. The van der Waals surface area contributed by atoms with E-state index in [9.17, 15) is 24.1 Å². The summed E-state index contributed by atoms with van der Waals surface area (Å²) in [5.41, 5.74) is -3.98. The highest BCUT2D eigenvalue weighted by molar-refractivity contribution is 7.53. The van der Waals surface area contributed by atoms with Gasteiger partial charge < -0.3 is 44.4 Å². The summed E-state index contributed by atoms with van der Waals surface area (Å²) in [5, 5.41) is 34.3. The van der Waals surface area contributed by atoms with Gasteiger partial charge in [-0.25, -0.2) is 14.4 Å². The Morgan fingerprint density at radius 1 is 1.05 bits per heavy atom. The summed E-state index contributed by atoms with van der Waals surface area (Å²) in [6.45, 7) is -1.43. The highest BCUT2D eigenvalue weighted by Crippen LogP contribution is 2.52. The lowest BCUT2D eigenvalue weighted by Gasteiger charge is -2.32. The van der Waals surface area contributed by atoms with E-state index in [0.717, 1.165) is 0 Å². The van der Waals surface area contributed by atoms with E-state index in [-0.39, 0.29) is 0 Å². The van der Waals surface area contributed by atoms with Crippen molar-refractivity contribution in [2.24, 2.45) is 0 Å². The molecule has 0 saturated heterocycles. The zero-order valence-corrected chi connectivity index (χ0v) is 10.2. The summed E-state index contributed by atoms with van der Waals surface area (Å²) in [6.07, 6.45) is -9.25. The minimum absolute atomic E-state index is 1.43. The molecule has 14 heteroatoms. The van der Waals surface area contributed by atoms with Gasteiger partial charge >= 0.3 is 31.6 Å². The van der Waals surface area contributed by atoms with Gasteiger partial charge in [0, 0.05) is 0 Å². The van der Waals surface area contributed by atoms with Crippen LogP contribution in [0.25, 0.3) is 0 Å². The summed E-state index contributed by atoms with van der Waals surface area (Å²) in [5.74, 6) is 0. The zero-order chi connectivity index (χ0) is 16.1. The van der Waals surface area contributed by atoms with E-state index in [2.05, 4.69) is 14.2 Å². The number of carbonyl (C=O) groups is 3. The Morgan fingerprint density at radius 2 is 1.55 bits per heavy atom. The molecule has 116 valence electrons. The van der Waals surface area contributed by atoms with Crippen LogP contribution in [-0.4, -0.2) is 66.9 Å². The molecule has 0 aromatic heterocycles. The first-order valence-electron chi connectivity index (χ1n) is 4.35. The molecule has 0 aliphatic rings. The predicted molar refractivity (Wildman–Crippen MR) is 53.0 cm³/mol. The molecule has 20 heavy (non-hydrogen) atoms. The molecule has 0 heterocycles. The molecule has 0 radical (unpaired) electrons. The molecule has 0 rings (SSSR count). The average Bonchev–Trinajstić information content (AvgIpc) is 2.20. The summed E-state index contributed by atoms with van der Waals surface area (Å²) in [6, 6.07) is 0. The number of rotatable bonds is 6. The number of aliphatic hydroxyl groups is 1. The van der Waals surface area contributed by atoms with Crippen molar-refractivity contribution >= 4 is 26.1 Å². The molecule has 0 aromatic carbocycles. The van der Waals surface area contributed by atoms with Crippen LogP contribution in [0.3, 0.4) is 0 Å². The van der Waals surface area contributed by atoms with Gasteiger partial charge in [-0.2, -0.15) is 0 Å². The van der Waals surface area contributed by atoms with E-state index >= 15 is 0 Å². The first-order valence-corrected chi connectivity index (χ1v) is 5.96. The Kier molecular flexibility index (Phi) is 5.72. The SMILES string of the molecule is O=C(O)OCC(OC(=O)O)C(O)(OC(=O)O)P(=O)(O)O. The number of hydrogen-bond acceptors (Lipinski definition) is 8. The van der Waals surface area contributed by atoms with Gasteiger partial charge in [0.2, 0.25) is 6.10 Å². The van der Waals surface area contributed by atoms with Gasteiger partial charge in [-0.15, -0.1) is 0 Å². The van der Waals surface area contributed by atoms with Crippen LogP contribution in [0, 0.1) is 0 Å². The minimum atomic E-state index is -5.82. The molecule has 0 aliphatic heterocycles. The van der Waals surface area contributed by atoms with E-state index in [1.54, 1.807) is 0 Å². The highest BCUT2D eigenvalue weighted by Gasteiger charge is 2.59. The Balaban J connectivity index is 5.49. The molecule has 0 aromatic rings. The second-order valence-electron chi connectivity index (χ2n) is 3.02. The van der Waals surface area contributed by atoms with Gasteiger partial charge in [-0.1, -0.05) is 0 Å². The van der Waals surface area contributed by atoms with Crippen LogP contribution in [-0.2, 0) is 18.8 Å². The highest BCUT2D eigenvalue weighted by atomic mass is 31.2. The zero-order valence-electron chi connectivity index (χ0n) is 9.27. The van der Waals surface area contributed by atoms with Gasteiger partial charge in [-0.05, 0) is 0 Å². The van der Waals surface area contributed by atoms with E-state index in [1.807, 2.05) is 0 Å². The normalized spacial score (nSPS) is 15.6. The van der Waals surface area contributed by atoms with E-state index in [1.165, 1.54) is 0 Å². The first kappa shape index (κ1) is 17.9. The fourth-order valence-corrected chi connectivity index (χ4v) is 1.63. The van der Waals surface area contributed by atoms with Crippen molar-refractivity contribution in [3.63, 3.8) is 0 Å². The second kappa shape index (κ2) is 6.38. The largest absolute Gasteiger partial charge is 0.508 e. The van der Waals surface area contributed by atoms with E-state index < -0.39 is 44.3 Å². The lowest BCUT2D eigenvalue weighted by Crippen LogP contribution is -2.50. The molecule has 2 atom stereocenters. The van der Waals surface area contributed by atoms with Crippen molar-refractivity contribution < 1.29 is 63.4 Å². The maximum Gasteiger partial charge on any atom is 0.508 e. The van der Waals surface area contributed by atoms with Crippen LogP contribution >= 0.6 is 7.60 Å². The van der Waals surface area contributed by atoms with E-state index in [0.29, 0.717) is 0 Å². The average molecular weight is 320 g/mol. The van der Waals surface area contributed by atoms with Crippen molar-refractivity contribution in [2.75, 3.05) is 6.61 Å². The topological polar surface area (TPSA) is 217 Å². The Hall–Kier alpha value is -2.08. The number of hydrogen-bond donors (Lipinski definition) is 6. The third-order valence-corrected chi connectivity index (χ3v) is 2.89. The fourth-order valence-electron chi connectivity index (χ4n) is 0.929. The van der Waals surface area contributed by atoms with Crippen LogP contribution in [0.15, 0.2) is 0 Å². The Labute approximate surface area is 109 Å². The van der Waals surface area contributed by atoms with Crippen LogP contribution in [0.4, 0.5) is 14.4 Å². The Bertz CT molecular complexity index is 438. The molecular weight excluding hydrogens is 311 g/mol. The predicted octanol–water partition coefficient (Wildman–Crippen LogP) is -0.737. The van der Waals surface area contributed by atoms with Crippen LogP contribution in [0.5, 0.6) is 0 Å². The molecule has 13 nitrogen and oxygen atoms in total. The molecule has 0 spiro atoms. The van der Waals surface area contributed by atoms with Gasteiger partial charge in [-0.3, -0.25) is 4.57 Å². The lowest BCUT2D eigenvalue weighted by atomic mass is 10.3. The lowest BCUT2D eigenvalue weighted by molar-refractivity contribution is -0.196. The summed E-state index contributed by atoms with van der Waals surface area (Å²) in [7, 11) is -5.82. The number of ether oxygens (including phenoxy) is 3. The third-order valence-electron chi connectivity index (χ3n) is 1.68. The molecule has 2 unspecified atom stereocenters. The van der Waals surface area contributed by atoms with Crippen molar-refractivity contribution in [3.05, 3.63) is 0 Å². The maximum absolute atomic E-state index is 11.0. The van der Waals surface area contributed by atoms with Crippen molar-refractivity contribution in [1.29, 1.82) is 0 Å². The molecule has 0 aliphatic carbocycles. The van der Waals surface area contributed by atoms with Crippen molar-refractivity contribution in [2.45, 2.75) is 11.6 Å². The van der Waals surface area contributed by atoms with E-state index in [4.69, 9.17) is 25.1 Å². The van der Waals surface area contributed by atoms with Gasteiger partial charge in [0.15, 0.2) is 0 Å². The molecule has 0 amide bonds. The van der Waals surface area contributed by atoms with Gasteiger partial charge in [0.05, 0.1) is 0 Å². The van der Waals surface area contributed by atoms with Gasteiger partial charge in [0.1, 0.15) is 6.61 Å². The first-order chi connectivity index (χ1) is 8.90. The second-order valence-corrected chi connectivity index (χ2v) is 4.75. The van der Waals surface area contributed by atoms with Crippen LogP contribution < -0.4 is 0 Å². The maximum atomic E-state index is 11.0. The van der Waals surface area contributed by atoms with Crippen LogP contribution in [0.2, 0.25) is 0 Å². The fraction of sp³-hybridized carbons (Fsp3) is 0.500. The standard InChI is InChI=1S/C6H9O13P/c7-3(8)17-1-2(18-4(9)10)6(13,19-5(11)12)20(14,15)16/h2,13H,1H2,(H,7,8)(H,9,10)(H,11,12)(H2,14,15,16). The third kappa shape index (κ3) is 4.89. The van der Waals surface area contributed by atoms with Crippen LogP contribution in [0.1, 0.15) is 0 Å². The molecule has 0 bridgehead atoms. The summed E-state index contributed by atoms with van der Waals surface area (Å²) in [4.78, 5) is 48.4. The van der Waals surface area contributed by atoms with Gasteiger partial charge in [0.25, 0.3) is 0 Å².